The number of halogens is 1. The molecule has 2 aromatic heterocycles. The fourth-order valence-electron chi connectivity index (χ4n) is 3.49. The van der Waals surface area contributed by atoms with E-state index in [2.05, 4.69) is 0 Å². The molecule has 4 aromatic rings. The van der Waals surface area contributed by atoms with Gasteiger partial charge < -0.3 is 14.2 Å². The van der Waals surface area contributed by atoms with Crippen molar-refractivity contribution in [1.82, 2.24) is 9.80 Å². The monoisotopic (exact) mass is 478 g/mol. The summed E-state index contributed by atoms with van der Waals surface area (Å²) < 4.78 is 5.45. The van der Waals surface area contributed by atoms with E-state index < -0.39 is 0 Å². The van der Waals surface area contributed by atoms with Crippen LogP contribution in [0.5, 0.6) is 0 Å². The van der Waals surface area contributed by atoms with Crippen molar-refractivity contribution in [2.45, 2.75) is 19.6 Å². The highest BCUT2D eigenvalue weighted by molar-refractivity contribution is 7.09. The molecule has 0 aliphatic heterocycles. The van der Waals surface area contributed by atoms with Crippen LogP contribution in [0.2, 0.25) is 5.02 Å². The molecule has 33 heavy (non-hydrogen) atoms. The zero-order valence-corrected chi connectivity index (χ0v) is 19.5. The van der Waals surface area contributed by atoms with Crippen molar-refractivity contribution in [2.24, 2.45) is 0 Å². The molecule has 0 bridgehead atoms. The zero-order chi connectivity index (χ0) is 23.0. The van der Waals surface area contributed by atoms with E-state index in [-0.39, 0.29) is 24.9 Å². The van der Waals surface area contributed by atoms with Crippen molar-refractivity contribution in [2.75, 3.05) is 6.54 Å². The number of furan rings is 1. The van der Waals surface area contributed by atoms with Gasteiger partial charge in [-0.05, 0) is 41.3 Å². The van der Waals surface area contributed by atoms with E-state index in [0.29, 0.717) is 29.4 Å². The molecule has 0 atom stereocenters. The maximum absolute atomic E-state index is 13.5. The van der Waals surface area contributed by atoms with Crippen LogP contribution in [0.25, 0.3) is 0 Å². The number of hydrogen-bond donors (Lipinski definition) is 0. The average molecular weight is 479 g/mol. The van der Waals surface area contributed by atoms with Gasteiger partial charge in [0.2, 0.25) is 5.91 Å². The Kier molecular flexibility index (Phi) is 7.60. The van der Waals surface area contributed by atoms with E-state index in [0.717, 1.165) is 10.4 Å². The van der Waals surface area contributed by atoms with Crippen molar-refractivity contribution >= 4 is 34.8 Å². The first-order chi connectivity index (χ1) is 16.1. The second-order valence-electron chi connectivity index (χ2n) is 7.54. The third-order valence-corrected chi connectivity index (χ3v) is 6.33. The Hall–Kier alpha value is -3.35. The second-order valence-corrected chi connectivity index (χ2v) is 8.97. The highest BCUT2D eigenvalue weighted by Crippen LogP contribution is 2.20. The second kappa shape index (κ2) is 11.0. The lowest BCUT2D eigenvalue weighted by Crippen LogP contribution is -2.42. The smallest absolute Gasteiger partial charge is 0.256 e. The van der Waals surface area contributed by atoms with Gasteiger partial charge in [0.25, 0.3) is 5.91 Å². The summed E-state index contributed by atoms with van der Waals surface area (Å²) in [6, 6.07) is 24.2. The molecule has 168 valence electrons. The molecule has 0 unspecified atom stereocenters. The Balaban J connectivity index is 1.58. The number of nitrogens with zero attached hydrogens (tertiary/aromatic N) is 2. The van der Waals surface area contributed by atoms with E-state index in [1.807, 2.05) is 47.8 Å². The highest BCUT2D eigenvalue weighted by Gasteiger charge is 2.25. The van der Waals surface area contributed by atoms with Crippen LogP contribution in [0, 0.1) is 0 Å². The number of carbonyl (C=O) groups excluding carboxylic acids is 2. The Morgan fingerprint density at radius 2 is 1.61 bits per heavy atom. The first-order valence-corrected chi connectivity index (χ1v) is 11.8. The molecule has 2 heterocycles. The summed E-state index contributed by atoms with van der Waals surface area (Å²) in [6.07, 6.45) is 1.55. The van der Waals surface area contributed by atoms with E-state index in [1.165, 1.54) is 4.90 Å². The number of thiophene rings is 1. The first-order valence-electron chi connectivity index (χ1n) is 10.5. The van der Waals surface area contributed by atoms with Crippen LogP contribution in [-0.2, 0) is 24.4 Å². The van der Waals surface area contributed by atoms with Crippen LogP contribution in [0.15, 0.2) is 94.9 Å². The largest absolute Gasteiger partial charge is 0.467 e. The van der Waals surface area contributed by atoms with Crippen LogP contribution in [0.4, 0.5) is 0 Å². The van der Waals surface area contributed by atoms with Gasteiger partial charge in [0, 0.05) is 11.4 Å². The standard InChI is InChI=1S/C26H23ClN2O3S/c27-24-13-5-4-12-23(24)26(31)29(17-21-10-6-14-32-21)19-25(30)28(18-22-11-7-15-33-22)16-20-8-2-1-3-9-20/h1-15H,16-19H2. The molecule has 7 heteroatoms. The maximum Gasteiger partial charge on any atom is 0.256 e. The molecule has 0 fully saturated rings. The Morgan fingerprint density at radius 1 is 0.818 bits per heavy atom. The SMILES string of the molecule is O=C(CN(Cc1ccco1)C(=O)c1ccccc1Cl)N(Cc1ccccc1)Cc1cccs1. The molecular formula is C26H23ClN2O3S. The molecule has 4 rings (SSSR count). The van der Waals surface area contributed by atoms with Gasteiger partial charge in [-0.3, -0.25) is 9.59 Å². The van der Waals surface area contributed by atoms with Crippen LogP contribution in [-0.4, -0.2) is 28.2 Å². The maximum atomic E-state index is 13.5. The Labute approximate surface area is 201 Å². The topological polar surface area (TPSA) is 53.8 Å². The minimum absolute atomic E-state index is 0.0943. The van der Waals surface area contributed by atoms with E-state index >= 15 is 0 Å². The lowest BCUT2D eigenvalue weighted by molar-refractivity contribution is -0.133. The predicted molar refractivity (Wildman–Crippen MR) is 130 cm³/mol. The van der Waals surface area contributed by atoms with Crippen LogP contribution >= 0.6 is 22.9 Å². The molecule has 0 spiro atoms. The third kappa shape index (κ3) is 6.12. The highest BCUT2D eigenvalue weighted by atomic mass is 35.5. The van der Waals surface area contributed by atoms with Gasteiger partial charge in [0.15, 0.2) is 0 Å². The summed E-state index contributed by atoms with van der Waals surface area (Å²) in [5.41, 5.74) is 1.38. The van der Waals surface area contributed by atoms with Crippen molar-refractivity contribution in [3.8, 4) is 0 Å². The number of hydrogen-bond acceptors (Lipinski definition) is 4. The molecule has 2 amide bonds. The lowest BCUT2D eigenvalue weighted by Gasteiger charge is -2.27. The number of amides is 2. The van der Waals surface area contributed by atoms with Gasteiger partial charge in [0.05, 0.1) is 29.9 Å². The fourth-order valence-corrected chi connectivity index (χ4v) is 4.42. The molecule has 0 N–H and O–H groups in total. The molecule has 0 aliphatic rings. The number of rotatable bonds is 9. The summed E-state index contributed by atoms with van der Waals surface area (Å²) in [4.78, 5) is 31.2. The normalized spacial score (nSPS) is 10.7. The van der Waals surface area contributed by atoms with Gasteiger partial charge in [-0.15, -0.1) is 11.3 Å². The predicted octanol–water partition coefficient (Wildman–Crippen LogP) is 5.87. The van der Waals surface area contributed by atoms with Crippen molar-refractivity contribution in [3.05, 3.63) is 117 Å². The zero-order valence-electron chi connectivity index (χ0n) is 17.9. The van der Waals surface area contributed by atoms with Crippen LogP contribution < -0.4 is 0 Å². The number of benzene rings is 2. The fraction of sp³-hybridized carbons (Fsp3) is 0.154. The summed E-state index contributed by atoms with van der Waals surface area (Å²) in [5, 5.41) is 2.34. The Bertz CT molecular complexity index is 1180. The molecule has 2 aromatic carbocycles. The van der Waals surface area contributed by atoms with Gasteiger partial charge in [-0.1, -0.05) is 60.1 Å². The molecule has 0 radical (unpaired) electrons. The molecule has 0 saturated heterocycles. The molecule has 0 saturated carbocycles. The minimum Gasteiger partial charge on any atom is -0.467 e. The Morgan fingerprint density at radius 3 is 2.30 bits per heavy atom. The number of carbonyl (C=O) groups is 2. The van der Waals surface area contributed by atoms with Gasteiger partial charge in [0.1, 0.15) is 12.3 Å². The van der Waals surface area contributed by atoms with Crippen molar-refractivity contribution < 1.29 is 14.0 Å². The average Bonchev–Trinajstić information content (AvgIpc) is 3.53. The van der Waals surface area contributed by atoms with Crippen LogP contribution in [0.3, 0.4) is 0 Å². The molecular weight excluding hydrogens is 456 g/mol. The van der Waals surface area contributed by atoms with E-state index in [9.17, 15) is 9.59 Å². The van der Waals surface area contributed by atoms with Gasteiger partial charge >= 0.3 is 0 Å². The molecule has 5 nitrogen and oxygen atoms in total. The van der Waals surface area contributed by atoms with E-state index in [4.69, 9.17) is 16.0 Å². The van der Waals surface area contributed by atoms with Gasteiger partial charge in [-0.25, -0.2) is 0 Å². The van der Waals surface area contributed by atoms with Crippen molar-refractivity contribution in [3.63, 3.8) is 0 Å². The quantitative estimate of drug-likeness (QED) is 0.302. The summed E-state index contributed by atoms with van der Waals surface area (Å²) in [7, 11) is 0. The minimum atomic E-state index is -0.318. The third-order valence-electron chi connectivity index (χ3n) is 5.14. The van der Waals surface area contributed by atoms with Crippen molar-refractivity contribution in [1.29, 1.82) is 0 Å². The molecule has 0 aliphatic carbocycles. The van der Waals surface area contributed by atoms with E-state index in [1.54, 1.807) is 58.9 Å². The summed E-state index contributed by atoms with van der Waals surface area (Å²) in [5.74, 6) is 0.122. The summed E-state index contributed by atoms with van der Waals surface area (Å²) in [6.45, 7) is 0.997. The first kappa shape index (κ1) is 22.8. The van der Waals surface area contributed by atoms with Gasteiger partial charge in [-0.2, -0.15) is 0 Å². The van der Waals surface area contributed by atoms with Crippen LogP contribution in [0.1, 0.15) is 26.6 Å². The summed E-state index contributed by atoms with van der Waals surface area (Å²) >= 11 is 7.88. The lowest BCUT2D eigenvalue weighted by atomic mass is 10.1.